The second kappa shape index (κ2) is 5.14. The van der Waals surface area contributed by atoms with E-state index in [4.69, 9.17) is 9.84 Å². The van der Waals surface area contributed by atoms with E-state index in [0.717, 1.165) is 6.20 Å². The fourth-order valence-corrected chi connectivity index (χ4v) is 2.34. The molecule has 0 bridgehead atoms. The summed E-state index contributed by atoms with van der Waals surface area (Å²) in [5.41, 5.74) is -2.96. The summed E-state index contributed by atoms with van der Waals surface area (Å²) in [6.45, 7) is -0.584. The zero-order valence-electron chi connectivity index (χ0n) is 11.0. The number of aromatic nitrogens is 4. The Bertz CT molecular complexity index is 884. The molecule has 2 aromatic heterocycles. The molecule has 118 valence electrons. The summed E-state index contributed by atoms with van der Waals surface area (Å²) in [6, 6.07) is 0. The summed E-state index contributed by atoms with van der Waals surface area (Å²) in [5, 5.41) is 30.8. The van der Waals surface area contributed by atoms with Gasteiger partial charge in [-0.05, 0) is 0 Å². The van der Waals surface area contributed by atoms with Gasteiger partial charge in [0.1, 0.15) is 23.8 Å². The van der Waals surface area contributed by atoms with E-state index in [1.165, 1.54) is 0 Å². The smallest absolute Gasteiger partial charge is 0.293 e. The number of fused-ring (bicyclic) bond motifs is 1. The van der Waals surface area contributed by atoms with E-state index < -0.39 is 47.8 Å². The maximum absolute atomic E-state index is 12.3. The standard InChI is InChI=1S/C11H12N4O7/c16-2-3-7(18)8(19)11(22-3)15-10(21)6-5(9(20)14-15)12-1-4(17)13-6/h1,3,7-8,11,16,18-19H,2H2,(H,13,17)(H,14,20)/t3-,7-,8-,11-/m1/s1. The van der Waals surface area contributed by atoms with Crippen LogP contribution in [0.2, 0.25) is 0 Å². The number of aliphatic hydroxyl groups excluding tert-OH is 3. The molecule has 1 fully saturated rings. The monoisotopic (exact) mass is 312 g/mol. The van der Waals surface area contributed by atoms with Gasteiger partial charge in [0.2, 0.25) is 0 Å². The van der Waals surface area contributed by atoms with Gasteiger partial charge in [-0.1, -0.05) is 0 Å². The lowest BCUT2D eigenvalue weighted by atomic mass is 10.1. The second-order valence-corrected chi connectivity index (χ2v) is 4.82. The van der Waals surface area contributed by atoms with Crippen LogP contribution < -0.4 is 16.7 Å². The van der Waals surface area contributed by atoms with Crippen molar-refractivity contribution in [3.63, 3.8) is 0 Å². The highest BCUT2D eigenvalue weighted by Gasteiger charge is 2.44. The molecule has 0 unspecified atom stereocenters. The number of hydrogen-bond donors (Lipinski definition) is 5. The van der Waals surface area contributed by atoms with Crippen molar-refractivity contribution < 1.29 is 20.1 Å². The molecule has 1 aliphatic heterocycles. The van der Waals surface area contributed by atoms with Gasteiger partial charge in [0.25, 0.3) is 16.7 Å². The maximum atomic E-state index is 12.3. The molecule has 0 aliphatic carbocycles. The SMILES string of the molecule is O=c1cnc2c(=O)[nH]n([C@@H]3O[C@H](CO)[C@@H](O)[C@H]3O)c(=O)c2[nH]1. The van der Waals surface area contributed by atoms with Crippen LogP contribution in [0.5, 0.6) is 0 Å². The number of rotatable bonds is 2. The van der Waals surface area contributed by atoms with Crippen LogP contribution in [0.25, 0.3) is 11.0 Å². The highest BCUT2D eigenvalue weighted by atomic mass is 16.6. The molecule has 3 heterocycles. The summed E-state index contributed by atoms with van der Waals surface area (Å²) >= 11 is 0. The predicted molar refractivity (Wildman–Crippen MR) is 70.3 cm³/mol. The Morgan fingerprint density at radius 1 is 1.27 bits per heavy atom. The van der Waals surface area contributed by atoms with E-state index >= 15 is 0 Å². The normalized spacial score (nSPS) is 28.3. The van der Waals surface area contributed by atoms with Gasteiger partial charge in [0, 0.05) is 0 Å². The van der Waals surface area contributed by atoms with E-state index in [-0.39, 0.29) is 11.0 Å². The zero-order chi connectivity index (χ0) is 16.0. The fourth-order valence-electron chi connectivity index (χ4n) is 2.34. The minimum absolute atomic E-state index is 0.271. The second-order valence-electron chi connectivity index (χ2n) is 4.82. The van der Waals surface area contributed by atoms with Crippen LogP contribution in [0, 0.1) is 0 Å². The van der Waals surface area contributed by atoms with Gasteiger partial charge >= 0.3 is 0 Å². The fraction of sp³-hybridized carbons (Fsp3) is 0.455. The molecule has 22 heavy (non-hydrogen) atoms. The summed E-state index contributed by atoms with van der Waals surface area (Å²) in [7, 11) is 0. The van der Waals surface area contributed by atoms with Crippen molar-refractivity contribution >= 4 is 11.0 Å². The molecule has 0 spiro atoms. The first-order valence-corrected chi connectivity index (χ1v) is 6.30. The minimum atomic E-state index is -1.55. The van der Waals surface area contributed by atoms with Crippen molar-refractivity contribution in [3.05, 3.63) is 37.3 Å². The van der Waals surface area contributed by atoms with Crippen LogP contribution in [0.4, 0.5) is 0 Å². The topological polar surface area (TPSA) is 171 Å². The van der Waals surface area contributed by atoms with E-state index in [0.29, 0.717) is 4.68 Å². The van der Waals surface area contributed by atoms with E-state index in [2.05, 4.69) is 15.1 Å². The van der Waals surface area contributed by atoms with Gasteiger partial charge in [0.15, 0.2) is 11.7 Å². The Labute approximate surface area is 120 Å². The van der Waals surface area contributed by atoms with Crippen LogP contribution >= 0.6 is 0 Å². The Balaban J connectivity index is 2.21. The van der Waals surface area contributed by atoms with Gasteiger partial charge in [-0.2, -0.15) is 0 Å². The van der Waals surface area contributed by atoms with Gasteiger partial charge in [0.05, 0.1) is 12.8 Å². The first-order valence-electron chi connectivity index (χ1n) is 6.30. The molecule has 0 radical (unpaired) electrons. The maximum Gasteiger partial charge on any atom is 0.293 e. The molecule has 0 aromatic carbocycles. The minimum Gasteiger partial charge on any atom is -0.394 e. The Morgan fingerprint density at radius 3 is 2.64 bits per heavy atom. The average molecular weight is 312 g/mol. The van der Waals surface area contributed by atoms with Crippen LogP contribution in [0.3, 0.4) is 0 Å². The molecule has 11 nitrogen and oxygen atoms in total. The van der Waals surface area contributed by atoms with E-state index in [9.17, 15) is 24.6 Å². The van der Waals surface area contributed by atoms with Gasteiger partial charge in [-0.15, -0.1) is 0 Å². The molecule has 3 rings (SSSR count). The number of aromatic amines is 2. The lowest BCUT2D eigenvalue weighted by molar-refractivity contribution is -0.0610. The van der Waals surface area contributed by atoms with Gasteiger partial charge < -0.3 is 25.0 Å². The van der Waals surface area contributed by atoms with Gasteiger partial charge in [-0.3, -0.25) is 19.5 Å². The summed E-state index contributed by atoms with van der Waals surface area (Å²) in [5.74, 6) is 0. The predicted octanol–water partition coefficient (Wildman–Crippen LogP) is -3.62. The Morgan fingerprint density at radius 2 is 2.00 bits per heavy atom. The lowest BCUT2D eigenvalue weighted by Crippen LogP contribution is -2.39. The van der Waals surface area contributed by atoms with Crippen LogP contribution in [0.1, 0.15) is 6.23 Å². The van der Waals surface area contributed by atoms with Crippen molar-refractivity contribution in [1.29, 1.82) is 0 Å². The highest BCUT2D eigenvalue weighted by Crippen LogP contribution is 2.27. The highest BCUT2D eigenvalue weighted by molar-refractivity contribution is 5.70. The van der Waals surface area contributed by atoms with Crippen molar-refractivity contribution in [3.8, 4) is 0 Å². The Hall–Kier alpha value is -2.34. The number of aliphatic hydroxyl groups is 3. The molecule has 5 N–H and O–H groups in total. The number of nitrogens with zero attached hydrogens (tertiary/aromatic N) is 2. The molecular weight excluding hydrogens is 300 g/mol. The molecule has 4 atom stereocenters. The van der Waals surface area contributed by atoms with Crippen molar-refractivity contribution in [2.75, 3.05) is 6.61 Å². The summed E-state index contributed by atoms with van der Waals surface area (Å²) in [4.78, 5) is 41.3. The quantitative estimate of drug-likeness (QED) is 0.378. The lowest BCUT2D eigenvalue weighted by Gasteiger charge is -2.17. The Kier molecular flexibility index (Phi) is 3.41. The summed E-state index contributed by atoms with van der Waals surface area (Å²) in [6.07, 6.45) is -4.66. The third kappa shape index (κ3) is 2.07. The van der Waals surface area contributed by atoms with Crippen LogP contribution in [-0.2, 0) is 4.74 Å². The van der Waals surface area contributed by atoms with Crippen molar-refractivity contribution in [2.24, 2.45) is 0 Å². The van der Waals surface area contributed by atoms with E-state index in [1.54, 1.807) is 0 Å². The molecule has 0 amide bonds. The number of ether oxygens (including phenoxy) is 1. The van der Waals surface area contributed by atoms with E-state index in [1.807, 2.05) is 0 Å². The molecule has 1 saturated heterocycles. The van der Waals surface area contributed by atoms with Gasteiger partial charge in [-0.25, -0.2) is 9.67 Å². The first kappa shape index (κ1) is 14.6. The van der Waals surface area contributed by atoms with Crippen molar-refractivity contribution in [2.45, 2.75) is 24.5 Å². The number of nitrogens with one attached hydrogen (secondary N) is 2. The zero-order valence-corrected chi connectivity index (χ0v) is 11.0. The van der Waals surface area contributed by atoms with Crippen LogP contribution in [-0.4, -0.2) is 60.0 Å². The number of hydrogen-bond acceptors (Lipinski definition) is 8. The molecule has 1 aliphatic rings. The number of H-pyrrole nitrogens is 2. The van der Waals surface area contributed by atoms with Crippen molar-refractivity contribution in [1.82, 2.24) is 19.7 Å². The summed E-state index contributed by atoms with van der Waals surface area (Å²) < 4.78 is 5.81. The van der Waals surface area contributed by atoms with Crippen LogP contribution in [0.15, 0.2) is 20.6 Å². The molecule has 0 saturated carbocycles. The molecule has 11 heteroatoms. The largest absolute Gasteiger partial charge is 0.394 e. The molecular formula is C11H12N4O7. The average Bonchev–Trinajstić information content (AvgIpc) is 2.78. The first-order chi connectivity index (χ1) is 10.4. The third-order valence-corrected chi connectivity index (χ3v) is 3.44. The third-order valence-electron chi connectivity index (χ3n) is 3.44. The molecule has 2 aromatic rings.